The molecule has 1 atom stereocenters. The Kier molecular flexibility index (Phi) is 5.99. The summed E-state index contributed by atoms with van der Waals surface area (Å²) in [5.74, 6) is -3.35. The lowest BCUT2D eigenvalue weighted by Gasteiger charge is -2.38. The number of carbonyl (C=O) groups excluding carboxylic acids is 1. The number of hydrogen-bond acceptors (Lipinski definition) is 9. The molecule has 2 aliphatic rings. The van der Waals surface area contributed by atoms with Crippen molar-refractivity contribution in [1.82, 2.24) is 24.8 Å². The summed E-state index contributed by atoms with van der Waals surface area (Å²) in [7, 11) is 0. The first kappa shape index (κ1) is 23.3. The highest BCUT2D eigenvalue weighted by Gasteiger charge is 2.43. The second-order valence-corrected chi connectivity index (χ2v) is 8.57. The summed E-state index contributed by atoms with van der Waals surface area (Å²) in [4.78, 5) is 30.8. The highest BCUT2D eigenvalue weighted by atomic mass is 19.3. The van der Waals surface area contributed by atoms with E-state index in [0.717, 1.165) is 0 Å². The number of rotatable bonds is 6. The van der Waals surface area contributed by atoms with Gasteiger partial charge >= 0.3 is 12.3 Å². The van der Waals surface area contributed by atoms with Crippen LogP contribution >= 0.6 is 0 Å². The number of anilines is 2. The molecule has 3 aromatic heterocycles. The van der Waals surface area contributed by atoms with Crippen molar-refractivity contribution in [1.29, 1.82) is 0 Å². The van der Waals surface area contributed by atoms with E-state index in [-0.39, 0.29) is 61.0 Å². The van der Waals surface area contributed by atoms with E-state index in [1.807, 2.05) is 0 Å². The minimum Gasteiger partial charge on any atom is -0.459 e. The number of oxazole rings is 1. The average Bonchev–Trinajstić information content (AvgIpc) is 3.59. The van der Waals surface area contributed by atoms with E-state index in [1.54, 1.807) is 21.9 Å². The molecule has 0 saturated carbocycles. The number of carbonyl (C=O) groups is 1. The van der Waals surface area contributed by atoms with Crippen LogP contribution in [0.25, 0.3) is 22.9 Å². The Hall–Kier alpha value is -3.42. The third kappa shape index (κ3) is 4.49. The number of amides is 1. The number of nitrogen functional groups attached to an aromatic ring is 1. The van der Waals surface area contributed by atoms with Crippen LogP contribution in [0.3, 0.4) is 0 Å². The van der Waals surface area contributed by atoms with E-state index in [9.17, 15) is 22.4 Å². The molecule has 2 N–H and O–H groups in total. The molecular formula is C21H23F4N7O3. The lowest BCUT2D eigenvalue weighted by Crippen LogP contribution is -2.56. The molecule has 0 bridgehead atoms. The Morgan fingerprint density at radius 3 is 2.63 bits per heavy atom. The monoisotopic (exact) mass is 497 g/mol. The summed E-state index contributed by atoms with van der Waals surface area (Å²) in [6, 6.07) is 2.81. The Morgan fingerprint density at radius 1 is 1.17 bits per heavy atom. The molecule has 3 aromatic rings. The first-order valence-corrected chi connectivity index (χ1v) is 11.1. The minimum absolute atomic E-state index is 0.0871. The maximum absolute atomic E-state index is 13.4. The second-order valence-electron chi connectivity index (χ2n) is 8.57. The van der Waals surface area contributed by atoms with Gasteiger partial charge in [-0.1, -0.05) is 0 Å². The zero-order chi connectivity index (χ0) is 24.7. The van der Waals surface area contributed by atoms with E-state index < -0.39 is 24.9 Å². The number of hydrogen-bond donors (Lipinski definition) is 1. The number of nitrogens with two attached hydrogens (primary N) is 1. The van der Waals surface area contributed by atoms with Gasteiger partial charge in [0, 0.05) is 32.7 Å². The molecule has 1 amide bonds. The van der Waals surface area contributed by atoms with Crippen LogP contribution in [-0.4, -0.2) is 88.3 Å². The van der Waals surface area contributed by atoms with Crippen LogP contribution < -0.4 is 10.6 Å². The summed E-state index contributed by atoms with van der Waals surface area (Å²) in [5.41, 5.74) is 6.53. The maximum Gasteiger partial charge on any atom is 0.319 e. The number of fused-ring (bicyclic) bond motifs is 1. The topological polar surface area (TPSA) is 118 Å². The van der Waals surface area contributed by atoms with Crippen LogP contribution in [0.5, 0.6) is 0 Å². The van der Waals surface area contributed by atoms with E-state index >= 15 is 0 Å². The van der Waals surface area contributed by atoms with Crippen LogP contribution in [0.4, 0.5) is 29.3 Å². The van der Waals surface area contributed by atoms with Crippen molar-refractivity contribution in [2.45, 2.75) is 31.2 Å². The molecule has 5 heterocycles. The van der Waals surface area contributed by atoms with Crippen molar-refractivity contribution >= 4 is 28.9 Å². The van der Waals surface area contributed by atoms with E-state index in [2.05, 4.69) is 15.0 Å². The minimum atomic E-state index is -4.08. The molecule has 2 saturated heterocycles. The van der Waals surface area contributed by atoms with Gasteiger partial charge in [-0.25, -0.2) is 13.8 Å². The quantitative estimate of drug-likeness (QED) is 0.513. The Morgan fingerprint density at radius 2 is 1.94 bits per heavy atom. The molecule has 0 aliphatic carbocycles. The normalized spacial score (nSPS) is 19.9. The van der Waals surface area contributed by atoms with Crippen LogP contribution in [0.1, 0.15) is 12.8 Å². The van der Waals surface area contributed by atoms with Gasteiger partial charge in [-0.2, -0.15) is 18.7 Å². The van der Waals surface area contributed by atoms with Gasteiger partial charge in [0.1, 0.15) is 6.04 Å². The number of furan rings is 1. The van der Waals surface area contributed by atoms with Crippen LogP contribution in [0.15, 0.2) is 27.2 Å². The lowest BCUT2D eigenvalue weighted by molar-refractivity contribution is -0.148. The van der Waals surface area contributed by atoms with E-state index in [4.69, 9.17) is 14.6 Å². The van der Waals surface area contributed by atoms with Gasteiger partial charge in [0.25, 0.3) is 11.6 Å². The van der Waals surface area contributed by atoms with Gasteiger partial charge in [-0.05, 0) is 25.0 Å². The Labute approximate surface area is 196 Å². The number of alkyl halides is 4. The molecule has 0 aromatic carbocycles. The fourth-order valence-electron chi connectivity index (χ4n) is 4.43. The summed E-state index contributed by atoms with van der Waals surface area (Å²) in [5, 5.41) is 0. The van der Waals surface area contributed by atoms with Crippen LogP contribution in [0, 0.1) is 0 Å². The molecule has 14 heteroatoms. The van der Waals surface area contributed by atoms with Gasteiger partial charge in [0.15, 0.2) is 17.1 Å². The van der Waals surface area contributed by atoms with Crippen molar-refractivity contribution < 1.29 is 31.2 Å². The van der Waals surface area contributed by atoms with Gasteiger partial charge in [0.2, 0.25) is 11.9 Å². The molecule has 2 fully saturated rings. The average molecular weight is 497 g/mol. The number of halogens is 4. The highest BCUT2D eigenvalue weighted by molar-refractivity contribution is 5.87. The van der Waals surface area contributed by atoms with Gasteiger partial charge in [0.05, 0.1) is 12.8 Å². The SMILES string of the molecule is Nc1nc(N2CCC[C@H]2C(=O)N2CCN(CC(F)(F)C(F)F)CC2)nc2oc(-c3ccco3)nc12. The zero-order valence-corrected chi connectivity index (χ0v) is 18.5. The largest absolute Gasteiger partial charge is 0.459 e. The van der Waals surface area contributed by atoms with E-state index in [0.29, 0.717) is 25.1 Å². The Bertz CT molecular complexity index is 1200. The zero-order valence-electron chi connectivity index (χ0n) is 18.5. The third-order valence-corrected chi connectivity index (χ3v) is 6.24. The van der Waals surface area contributed by atoms with Crippen LogP contribution in [-0.2, 0) is 4.79 Å². The highest BCUT2D eigenvalue weighted by Crippen LogP contribution is 2.31. The van der Waals surface area contributed by atoms with Crippen LogP contribution in [0.2, 0.25) is 0 Å². The van der Waals surface area contributed by atoms with E-state index in [1.165, 1.54) is 11.2 Å². The van der Waals surface area contributed by atoms with Gasteiger partial charge < -0.3 is 24.4 Å². The molecule has 10 nitrogen and oxygen atoms in total. The van der Waals surface area contributed by atoms with Gasteiger partial charge in [-0.15, -0.1) is 0 Å². The molecule has 0 radical (unpaired) electrons. The van der Waals surface area contributed by atoms with Crippen molar-refractivity contribution in [3.8, 4) is 11.7 Å². The molecule has 2 aliphatic heterocycles. The summed E-state index contributed by atoms with van der Waals surface area (Å²) >= 11 is 0. The standard InChI is InChI=1S/C21H23F4N7O3/c22-19(23)21(24,25)11-30-6-8-31(9-7-30)18(33)12-3-1-5-32(12)20-28-15(26)14-17(29-20)35-16(27-14)13-4-2-10-34-13/h2,4,10,12,19H,1,3,5-9,11H2,(H2,26,28,29)/t12-/m0/s1. The molecule has 5 rings (SSSR count). The lowest BCUT2D eigenvalue weighted by atomic mass is 10.1. The molecule has 0 unspecified atom stereocenters. The van der Waals surface area contributed by atoms with Gasteiger partial charge in [-0.3, -0.25) is 9.69 Å². The third-order valence-electron chi connectivity index (χ3n) is 6.24. The molecule has 188 valence electrons. The summed E-state index contributed by atoms with van der Waals surface area (Å²) in [6.45, 7) is -0.0144. The molecule has 35 heavy (non-hydrogen) atoms. The number of aromatic nitrogens is 3. The van der Waals surface area contributed by atoms with Crippen molar-refractivity contribution in [3.63, 3.8) is 0 Å². The first-order chi connectivity index (χ1) is 16.7. The number of piperazine rings is 1. The predicted molar refractivity (Wildman–Crippen MR) is 116 cm³/mol. The summed E-state index contributed by atoms with van der Waals surface area (Å²) in [6.07, 6.45) is -0.974. The first-order valence-electron chi connectivity index (χ1n) is 11.1. The molecule has 0 spiro atoms. The Balaban J connectivity index is 1.29. The molecular weight excluding hydrogens is 474 g/mol. The maximum atomic E-state index is 13.4. The number of nitrogens with zero attached hydrogens (tertiary/aromatic N) is 6. The second kappa shape index (κ2) is 8.98. The fourth-order valence-corrected chi connectivity index (χ4v) is 4.43. The smallest absolute Gasteiger partial charge is 0.319 e. The van der Waals surface area contributed by atoms with Crippen molar-refractivity contribution in [2.24, 2.45) is 0 Å². The predicted octanol–water partition coefficient (Wildman–Crippen LogP) is 2.47. The van der Waals surface area contributed by atoms with Crippen molar-refractivity contribution in [3.05, 3.63) is 18.4 Å². The fraction of sp³-hybridized carbons (Fsp3) is 0.524. The van der Waals surface area contributed by atoms with Crippen molar-refractivity contribution in [2.75, 3.05) is 49.9 Å². The summed E-state index contributed by atoms with van der Waals surface area (Å²) < 4.78 is 62.7.